The summed E-state index contributed by atoms with van der Waals surface area (Å²) in [5.41, 5.74) is 13.2. The van der Waals surface area contributed by atoms with Gasteiger partial charge in [-0.2, -0.15) is 0 Å². The lowest BCUT2D eigenvalue weighted by Gasteiger charge is -2.20. The third-order valence-corrected chi connectivity index (χ3v) is 8.38. The van der Waals surface area contributed by atoms with Gasteiger partial charge in [0.2, 0.25) is 0 Å². The second kappa shape index (κ2) is 19.5. The Labute approximate surface area is 342 Å². The lowest BCUT2D eigenvalue weighted by Crippen LogP contribution is -2.35. The fourth-order valence-corrected chi connectivity index (χ4v) is 5.48. The van der Waals surface area contributed by atoms with Gasteiger partial charge < -0.3 is 31.2 Å². The summed E-state index contributed by atoms with van der Waals surface area (Å²) in [5, 5.41) is 9.83. The number of benzene rings is 2. The molecule has 3 aromatic heterocycles. The fourth-order valence-electron chi connectivity index (χ4n) is 5.48. The van der Waals surface area contributed by atoms with E-state index in [-0.39, 0.29) is 29.3 Å². The van der Waals surface area contributed by atoms with E-state index in [1.54, 1.807) is 52.2 Å². The van der Waals surface area contributed by atoms with Gasteiger partial charge in [-0.15, -0.1) is 0 Å². The van der Waals surface area contributed by atoms with Gasteiger partial charge in [0.25, 0.3) is 5.91 Å². The van der Waals surface area contributed by atoms with Crippen LogP contribution in [0.25, 0.3) is 17.1 Å². The summed E-state index contributed by atoms with van der Waals surface area (Å²) in [6.45, 7) is 21.8. The number of amides is 1. The highest BCUT2D eigenvalue weighted by Gasteiger charge is 2.26. The Hall–Kier alpha value is -5.85. The van der Waals surface area contributed by atoms with Crippen LogP contribution in [0.5, 0.6) is 0 Å². The third kappa shape index (κ3) is 14.3. The Morgan fingerprint density at radius 1 is 0.776 bits per heavy atom. The zero-order valence-electron chi connectivity index (χ0n) is 35.5. The Kier molecular flexibility index (Phi) is 15.1. The van der Waals surface area contributed by atoms with Crippen LogP contribution < -0.4 is 21.7 Å². The molecule has 2 aromatic carbocycles. The van der Waals surface area contributed by atoms with Gasteiger partial charge in [-0.25, -0.2) is 14.2 Å². The standard InChI is InChI=1S/C20H23N3O.C15H18N2O4.C11H18N2/c1-20(2,3)22-13-14-6-8-17(9-7-14)23-19(24)16-11-15-5-4-10-21-18(15)12-16;1-5-20-13(18)12-9-10-11(7-6-8-16-10)17(12)14(19)21-15(2,3)4;1-11(2,3)13-8-9-4-6-10(12)7-5-9/h4-10,12,22H,11,13H2,1-3H3,(H,23,24);6-9H,5H2,1-4H3;4-7,13H,8,12H2,1-3H3. The second-order valence-electron chi connectivity index (χ2n) is 17.0. The average Bonchev–Trinajstić information content (AvgIpc) is 3.77. The van der Waals surface area contributed by atoms with Crippen molar-refractivity contribution in [1.82, 2.24) is 25.2 Å². The minimum absolute atomic E-state index is 0.0615. The summed E-state index contributed by atoms with van der Waals surface area (Å²) in [4.78, 5) is 45.2. The van der Waals surface area contributed by atoms with Gasteiger partial charge >= 0.3 is 12.1 Å². The van der Waals surface area contributed by atoms with Crippen molar-refractivity contribution in [3.63, 3.8) is 0 Å². The molecule has 0 atom stereocenters. The zero-order valence-corrected chi connectivity index (χ0v) is 35.5. The van der Waals surface area contributed by atoms with Crippen molar-refractivity contribution in [2.24, 2.45) is 0 Å². The number of hydrogen-bond donors (Lipinski definition) is 4. The minimum atomic E-state index is -0.665. The molecule has 0 saturated carbocycles. The van der Waals surface area contributed by atoms with Crippen LogP contribution in [-0.4, -0.2) is 55.8 Å². The zero-order chi connectivity index (χ0) is 42.7. The van der Waals surface area contributed by atoms with Gasteiger partial charge in [0.15, 0.2) is 0 Å². The number of rotatable bonds is 8. The van der Waals surface area contributed by atoms with Crippen molar-refractivity contribution < 1.29 is 23.9 Å². The van der Waals surface area contributed by atoms with E-state index in [1.165, 1.54) is 21.8 Å². The van der Waals surface area contributed by atoms with E-state index >= 15 is 0 Å². The molecule has 0 saturated heterocycles. The van der Waals surface area contributed by atoms with Crippen molar-refractivity contribution in [2.75, 3.05) is 17.7 Å². The van der Waals surface area contributed by atoms with Gasteiger partial charge in [-0.3, -0.25) is 14.8 Å². The van der Waals surface area contributed by atoms with Crippen molar-refractivity contribution in [3.05, 3.63) is 125 Å². The summed E-state index contributed by atoms with van der Waals surface area (Å²) < 4.78 is 11.5. The molecule has 6 rings (SSSR count). The van der Waals surface area contributed by atoms with Crippen LogP contribution in [0.4, 0.5) is 16.2 Å². The molecule has 12 nitrogen and oxygen atoms in total. The topological polar surface area (TPSA) is 162 Å². The molecule has 0 spiro atoms. The quantitative estimate of drug-likeness (QED) is 0.0884. The van der Waals surface area contributed by atoms with Gasteiger partial charge in [-0.1, -0.05) is 30.3 Å². The van der Waals surface area contributed by atoms with Gasteiger partial charge in [0.1, 0.15) is 11.3 Å². The summed E-state index contributed by atoms with van der Waals surface area (Å²) in [6, 6.07) is 24.7. The first-order chi connectivity index (χ1) is 27.2. The number of carbonyl (C=O) groups is 3. The highest BCUT2D eigenvalue weighted by atomic mass is 16.6. The summed E-state index contributed by atoms with van der Waals surface area (Å²) in [5.74, 6) is -0.644. The molecule has 5 aromatic rings. The Morgan fingerprint density at radius 3 is 1.90 bits per heavy atom. The molecule has 5 N–H and O–H groups in total. The van der Waals surface area contributed by atoms with Crippen LogP contribution in [0, 0.1) is 0 Å². The summed E-state index contributed by atoms with van der Waals surface area (Å²) in [6.07, 6.45) is 5.22. The predicted octanol–water partition coefficient (Wildman–Crippen LogP) is 8.70. The molecular weight excluding hydrogens is 731 g/mol. The molecule has 1 aliphatic rings. The van der Waals surface area contributed by atoms with Crippen molar-refractivity contribution in [3.8, 4) is 0 Å². The second-order valence-corrected chi connectivity index (χ2v) is 17.0. The maximum Gasteiger partial charge on any atom is 0.419 e. The molecule has 0 radical (unpaired) electrons. The predicted molar refractivity (Wildman–Crippen MR) is 232 cm³/mol. The van der Waals surface area contributed by atoms with Crippen LogP contribution in [0.2, 0.25) is 0 Å². The molecule has 0 bridgehead atoms. The number of nitrogen functional groups attached to an aromatic ring is 1. The molecule has 0 aliphatic heterocycles. The molecule has 1 aliphatic carbocycles. The maximum absolute atomic E-state index is 12.4. The summed E-state index contributed by atoms with van der Waals surface area (Å²) >= 11 is 0. The maximum atomic E-state index is 12.4. The van der Waals surface area contributed by atoms with Crippen LogP contribution in [0.1, 0.15) is 102 Å². The first-order valence-electron chi connectivity index (χ1n) is 19.5. The largest absolute Gasteiger partial charge is 0.461 e. The summed E-state index contributed by atoms with van der Waals surface area (Å²) in [7, 11) is 0. The number of carbonyl (C=O) groups excluding carboxylic acids is 3. The number of aromatic nitrogens is 3. The van der Waals surface area contributed by atoms with Crippen LogP contribution in [-0.2, 0) is 33.8 Å². The minimum Gasteiger partial charge on any atom is -0.461 e. The normalized spacial score (nSPS) is 12.3. The number of esters is 1. The number of nitrogens with two attached hydrogens (primary N) is 1. The molecule has 0 unspecified atom stereocenters. The number of ether oxygens (including phenoxy) is 2. The van der Waals surface area contributed by atoms with E-state index < -0.39 is 17.7 Å². The van der Waals surface area contributed by atoms with Crippen LogP contribution >= 0.6 is 0 Å². The molecule has 0 fully saturated rings. The van der Waals surface area contributed by atoms with E-state index in [2.05, 4.69) is 67.5 Å². The van der Waals surface area contributed by atoms with E-state index in [1.807, 2.05) is 66.7 Å². The highest BCUT2D eigenvalue weighted by Crippen LogP contribution is 2.24. The lowest BCUT2D eigenvalue weighted by molar-refractivity contribution is -0.112. The van der Waals surface area contributed by atoms with Gasteiger partial charge in [0.05, 0.1) is 23.3 Å². The number of nitrogens with zero attached hydrogens (tertiary/aromatic N) is 3. The van der Waals surface area contributed by atoms with Crippen LogP contribution in [0.15, 0.2) is 96.8 Å². The number of fused-ring (bicyclic) bond motifs is 2. The van der Waals surface area contributed by atoms with E-state index in [0.717, 1.165) is 41.3 Å². The smallest absolute Gasteiger partial charge is 0.419 e. The van der Waals surface area contributed by atoms with Crippen molar-refractivity contribution in [1.29, 1.82) is 0 Å². The Morgan fingerprint density at radius 2 is 1.34 bits per heavy atom. The number of anilines is 2. The monoisotopic (exact) mass is 789 g/mol. The third-order valence-electron chi connectivity index (χ3n) is 8.38. The molecular formula is C46H59N7O5. The fraction of sp³-hybridized carbons (Fsp3) is 0.370. The first-order valence-corrected chi connectivity index (χ1v) is 19.5. The van der Waals surface area contributed by atoms with Crippen molar-refractivity contribution in [2.45, 2.75) is 105 Å². The lowest BCUT2D eigenvalue weighted by atomic mass is 10.1. The van der Waals surface area contributed by atoms with E-state index in [4.69, 9.17) is 15.2 Å². The highest BCUT2D eigenvalue weighted by molar-refractivity contribution is 6.08. The van der Waals surface area contributed by atoms with E-state index in [0.29, 0.717) is 17.5 Å². The number of nitrogens with one attached hydrogen (secondary N) is 3. The van der Waals surface area contributed by atoms with Gasteiger partial charge in [0, 0.05) is 59.9 Å². The van der Waals surface area contributed by atoms with E-state index in [9.17, 15) is 14.4 Å². The molecule has 12 heteroatoms. The molecule has 1 amide bonds. The Bertz CT molecular complexity index is 2190. The molecule has 3 heterocycles. The average molecular weight is 790 g/mol. The number of hydrogen-bond acceptors (Lipinski definition) is 10. The number of pyridine rings is 2. The Balaban J connectivity index is 0.000000201. The van der Waals surface area contributed by atoms with Gasteiger partial charge in [-0.05, 0) is 141 Å². The molecule has 308 valence electrons. The first kappa shape index (κ1) is 44.9. The molecule has 58 heavy (non-hydrogen) atoms. The van der Waals surface area contributed by atoms with Crippen molar-refractivity contribution >= 4 is 46.5 Å². The SMILES string of the molecule is CC(C)(C)NCc1ccc(N)cc1.CC(C)(C)NCc1ccc(NC(=O)C2=Cc3ncccc3C2)cc1.CCOC(=O)c1cc2ncccc2n1C(=O)OC(C)(C)C. The van der Waals surface area contributed by atoms with Crippen LogP contribution in [0.3, 0.4) is 0 Å².